The Morgan fingerprint density at radius 1 is 1.36 bits per heavy atom. The van der Waals surface area contributed by atoms with Crippen molar-refractivity contribution < 1.29 is 4.21 Å². The van der Waals surface area contributed by atoms with Crippen molar-refractivity contribution in [1.82, 2.24) is 9.71 Å². The third kappa shape index (κ3) is 6.73. The van der Waals surface area contributed by atoms with Crippen molar-refractivity contribution in [3.63, 3.8) is 0 Å². The zero-order valence-corrected chi connectivity index (χ0v) is 16.2. The fourth-order valence-electron chi connectivity index (χ4n) is 1.62. The van der Waals surface area contributed by atoms with Crippen LogP contribution in [-0.4, -0.2) is 22.0 Å². The maximum absolute atomic E-state index is 12.4. The number of nitrogens with one attached hydrogen (secondary N) is 1. The molecule has 3 N–H and O–H groups in total. The molecule has 6 heteroatoms. The number of anilines is 1. The van der Waals surface area contributed by atoms with E-state index in [1.807, 2.05) is 26.8 Å². The van der Waals surface area contributed by atoms with Crippen LogP contribution in [0.2, 0.25) is 19.6 Å². The fourth-order valence-corrected chi connectivity index (χ4v) is 3.08. The summed E-state index contributed by atoms with van der Waals surface area (Å²) >= 11 is 0. The highest BCUT2D eigenvalue weighted by atomic mass is 32.2. The molecule has 22 heavy (non-hydrogen) atoms. The summed E-state index contributed by atoms with van der Waals surface area (Å²) in [5.41, 5.74) is 10.7. The summed E-state index contributed by atoms with van der Waals surface area (Å²) in [5.74, 6) is 3.25. The van der Waals surface area contributed by atoms with E-state index in [1.165, 1.54) is 0 Å². The summed E-state index contributed by atoms with van der Waals surface area (Å²) in [6.07, 6.45) is 3.95. The van der Waals surface area contributed by atoms with Gasteiger partial charge in [-0.1, -0.05) is 19.6 Å². The van der Waals surface area contributed by atoms with E-state index in [-0.39, 0.29) is 10.8 Å². The average Bonchev–Trinajstić information content (AvgIpc) is 2.34. The molecule has 0 radical (unpaired) electrons. The van der Waals surface area contributed by atoms with Crippen LogP contribution in [0.4, 0.5) is 5.69 Å². The molecule has 0 aromatic carbocycles. The minimum absolute atomic E-state index is 0.139. The number of nitrogens with zero attached hydrogens (tertiary/aromatic N) is 1. The Morgan fingerprint density at radius 3 is 2.50 bits per heavy atom. The molecule has 0 saturated carbocycles. The Kier molecular flexibility index (Phi) is 6.35. The van der Waals surface area contributed by atoms with E-state index in [2.05, 4.69) is 40.8 Å². The average molecular weight is 338 g/mol. The van der Waals surface area contributed by atoms with Crippen molar-refractivity contribution in [3.05, 3.63) is 24.0 Å². The van der Waals surface area contributed by atoms with E-state index in [1.54, 1.807) is 12.4 Å². The second-order valence-corrected chi connectivity index (χ2v) is 14.1. The summed E-state index contributed by atoms with van der Waals surface area (Å²) in [4.78, 5) is 4.13. The first-order chi connectivity index (χ1) is 9.99. The second kappa shape index (κ2) is 7.40. The summed E-state index contributed by atoms with van der Waals surface area (Å²) in [7, 11) is -2.59. The molecule has 0 fully saturated rings. The number of aromatic nitrogens is 1. The predicted octanol–water partition coefficient (Wildman–Crippen LogP) is 3.03. The summed E-state index contributed by atoms with van der Waals surface area (Å²) in [5, 5.41) is 0. The lowest BCUT2D eigenvalue weighted by atomic mass is 10.1. The van der Waals surface area contributed by atoms with Gasteiger partial charge < -0.3 is 5.73 Å². The van der Waals surface area contributed by atoms with Gasteiger partial charge in [0.1, 0.15) is 8.07 Å². The van der Waals surface area contributed by atoms with Crippen LogP contribution in [0, 0.1) is 11.5 Å². The smallest absolute Gasteiger partial charge is 0.129 e. The van der Waals surface area contributed by atoms with Crippen molar-refractivity contribution >= 4 is 24.7 Å². The monoisotopic (exact) mass is 337 g/mol. The van der Waals surface area contributed by atoms with Gasteiger partial charge in [-0.05, 0) is 32.4 Å². The molecule has 1 aromatic rings. The van der Waals surface area contributed by atoms with Crippen LogP contribution in [-0.2, 0) is 11.0 Å². The van der Waals surface area contributed by atoms with Gasteiger partial charge >= 0.3 is 0 Å². The van der Waals surface area contributed by atoms with Crippen LogP contribution < -0.4 is 10.5 Å². The summed E-state index contributed by atoms with van der Waals surface area (Å²) in [6.45, 7) is 12.4. The lowest BCUT2D eigenvalue weighted by Gasteiger charge is -2.23. The SMILES string of the molecule is CC(C)(C)S(=O)NC(CC#C[Si](C)(C)C)c1cncc(N)c1. The van der Waals surface area contributed by atoms with Crippen LogP contribution in [0.3, 0.4) is 0 Å². The minimum atomic E-state index is -1.42. The van der Waals surface area contributed by atoms with E-state index >= 15 is 0 Å². The molecular formula is C16H27N3OSSi. The van der Waals surface area contributed by atoms with E-state index in [0.717, 1.165) is 5.56 Å². The first-order valence-corrected chi connectivity index (χ1v) is 12.0. The van der Waals surface area contributed by atoms with E-state index in [4.69, 9.17) is 5.73 Å². The standard InChI is InChI=1S/C16H27N3OSSi/c1-16(2,3)21(20)19-15(8-7-9-22(4,5)6)13-10-14(17)12-18-11-13/h10-12,15,19H,8,17H2,1-6H3. The summed E-state index contributed by atoms with van der Waals surface area (Å²) < 4.78 is 15.2. The molecular weight excluding hydrogens is 310 g/mol. The molecule has 0 aliphatic heterocycles. The van der Waals surface area contributed by atoms with Crippen LogP contribution >= 0.6 is 0 Å². The number of hydrogen-bond donors (Lipinski definition) is 2. The van der Waals surface area contributed by atoms with Crippen molar-refractivity contribution in [2.24, 2.45) is 0 Å². The first kappa shape index (κ1) is 18.9. The highest BCUT2D eigenvalue weighted by Crippen LogP contribution is 2.21. The van der Waals surface area contributed by atoms with Gasteiger partial charge in [0.05, 0.1) is 27.5 Å². The van der Waals surface area contributed by atoms with Crippen molar-refractivity contribution in [3.8, 4) is 11.5 Å². The zero-order valence-electron chi connectivity index (χ0n) is 14.4. The molecule has 0 bridgehead atoms. The molecule has 1 rings (SSSR count). The Labute approximate surface area is 137 Å². The van der Waals surface area contributed by atoms with E-state index in [9.17, 15) is 4.21 Å². The van der Waals surface area contributed by atoms with Crippen molar-refractivity contribution in [1.29, 1.82) is 0 Å². The third-order valence-electron chi connectivity index (χ3n) is 2.76. The molecule has 122 valence electrons. The van der Waals surface area contributed by atoms with Crippen LogP contribution in [0.5, 0.6) is 0 Å². The Balaban J connectivity index is 3.00. The van der Waals surface area contributed by atoms with Gasteiger partial charge in [0.25, 0.3) is 0 Å². The molecule has 2 atom stereocenters. The van der Waals surface area contributed by atoms with Crippen LogP contribution in [0.15, 0.2) is 18.5 Å². The van der Waals surface area contributed by atoms with E-state index in [0.29, 0.717) is 12.1 Å². The number of nitrogen functional groups attached to an aromatic ring is 1. The fraction of sp³-hybridized carbons (Fsp3) is 0.562. The number of pyridine rings is 1. The molecule has 0 aliphatic carbocycles. The Hall–Kier alpha value is -1.16. The van der Waals surface area contributed by atoms with Crippen LogP contribution in [0.1, 0.15) is 38.8 Å². The number of nitrogens with two attached hydrogens (primary N) is 1. The van der Waals surface area contributed by atoms with Crippen LogP contribution in [0.25, 0.3) is 0 Å². The van der Waals surface area contributed by atoms with Crippen molar-refractivity contribution in [2.45, 2.75) is 57.6 Å². The van der Waals surface area contributed by atoms with Gasteiger partial charge in [-0.25, -0.2) is 8.93 Å². The maximum atomic E-state index is 12.4. The third-order valence-corrected chi connectivity index (χ3v) is 5.30. The van der Waals surface area contributed by atoms with Gasteiger partial charge in [0, 0.05) is 18.8 Å². The van der Waals surface area contributed by atoms with Gasteiger partial charge in [-0.3, -0.25) is 4.98 Å². The molecule has 1 heterocycles. The first-order valence-electron chi connectivity index (χ1n) is 7.37. The lowest BCUT2D eigenvalue weighted by Crippen LogP contribution is -2.35. The highest BCUT2D eigenvalue weighted by Gasteiger charge is 2.23. The van der Waals surface area contributed by atoms with Gasteiger partial charge in [0.2, 0.25) is 0 Å². The van der Waals surface area contributed by atoms with E-state index < -0.39 is 19.1 Å². The predicted molar refractivity (Wildman–Crippen MR) is 98.2 cm³/mol. The summed E-state index contributed by atoms with van der Waals surface area (Å²) in [6, 6.07) is 1.72. The van der Waals surface area contributed by atoms with Gasteiger partial charge in [-0.15, -0.1) is 11.5 Å². The second-order valence-electron chi connectivity index (χ2n) is 7.36. The van der Waals surface area contributed by atoms with Crippen molar-refractivity contribution in [2.75, 3.05) is 5.73 Å². The molecule has 0 saturated heterocycles. The largest absolute Gasteiger partial charge is 0.397 e. The Morgan fingerprint density at radius 2 is 2.00 bits per heavy atom. The maximum Gasteiger partial charge on any atom is 0.129 e. The molecule has 0 amide bonds. The molecule has 2 unspecified atom stereocenters. The number of rotatable bonds is 4. The zero-order chi connectivity index (χ0) is 17.0. The van der Waals surface area contributed by atoms with Gasteiger partial charge in [0.15, 0.2) is 0 Å². The molecule has 0 aliphatic rings. The molecule has 1 aromatic heterocycles. The lowest BCUT2D eigenvalue weighted by molar-refractivity contribution is 0.604. The minimum Gasteiger partial charge on any atom is -0.397 e. The normalized spacial score (nSPS) is 14.8. The highest BCUT2D eigenvalue weighted by molar-refractivity contribution is 7.84. The topological polar surface area (TPSA) is 68.0 Å². The Bertz CT molecular complexity index is 594. The molecule has 4 nitrogen and oxygen atoms in total. The van der Waals surface area contributed by atoms with Gasteiger partial charge in [-0.2, -0.15) is 0 Å². The molecule has 0 spiro atoms. The number of hydrogen-bond acceptors (Lipinski definition) is 3. The quantitative estimate of drug-likeness (QED) is 0.655.